The number of carboxylic acid groups (broad SMARTS) is 1. The van der Waals surface area contributed by atoms with Crippen LogP contribution < -0.4 is 0 Å². The molecule has 3 nitrogen and oxygen atoms in total. The van der Waals surface area contributed by atoms with E-state index in [2.05, 4.69) is 63.6 Å². The molecular formula is C25H29NO2. The Labute approximate surface area is 168 Å². The fraction of sp³-hybridized carbons (Fsp3) is 0.440. The van der Waals surface area contributed by atoms with E-state index in [1.165, 1.54) is 29.5 Å². The second kappa shape index (κ2) is 7.09. The fourth-order valence-corrected chi connectivity index (χ4v) is 4.02. The molecule has 3 rings (SSSR count). The molecule has 0 aliphatic heterocycles. The molecule has 1 aromatic heterocycles. The van der Waals surface area contributed by atoms with Gasteiger partial charge in [0.15, 0.2) is 0 Å². The Morgan fingerprint density at radius 2 is 1.68 bits per heavy atom. The smallest absolute Gasteiger partial charge is 0.337 e. The van der Waals surface area contributed by atoms with E-state index >= 15 is 0 Å². The van der Waals surface area contributed by atoms with E-state index in [-0.39, 0.29) is 16.4 Å². The molecule has 0 saturated carbocycles. The molecule has 2 aromatic rings. The van der Waals surface area contributed by atoms with E-state index in [1.807, 2.05) is 6.92 Å². The highest BCUT2D eigenvalue weighted by Gasteiger charge is 2.37. The number of aromatic carboxylic acids is 1. The minimum absolute atomic E-state index is 0.145. The first-order chi connectivity index (χ1) is 13.0. The van der Waals surface area contributed by atoms with Crippen molar-refractivity contribution < 1.29 is 9.90 Å². The molecule has 28 heavy (non-hydrogen) atoms. The Morgan fingerprint density at radius 1 is 1.07 bits per heavy atom. The molecule has 0 spiro atoms. The summed E-state index contributed by atoms with van der Waals surface area (Å²) in [5, 5.41) is 9.26. The van der Waals surface area contributed by atoms with E-state index in [1.54, 1.807) is 12.1 Å². The molecule has 0 saturated heterocycles. The van der Waals surface area contributed by atoms with Crippen molar-refractivity contribution in [3.63, 3.8) is 0 Å². The number of pyridine rings is 1. The molecule has 0 amide bonds. The van der Waals surface area contributed by atoms with Crippen molar-refractivity contribution in [3.8, 4) is 11.8 Å². The van der Waals surface area contributed by atoms with Gasteiger partial charge in [-0.15, -0.1) is 0 Å². The van der Waals surface area contributed by atoms with Crippen LogP contribution in [0.2, 0.25) is 0 Å². The van der Waals surface area contributed by atoms with Crippen molar-refractivity contribution in [2.24, 2.45) is 0 Å². The number of aromatic nitrogens is 1. The Hall–Kier alpha value is -2.60. The van der Waals surface area contributed by atoms with Gasteiger partial charge in [0.1, 0.15) is 5.69 Å². The third kappa shape index (κ3) is 3.69. The summed E-state index contributed by atoms with van der Waals surface area (Å²) in [7, 11) is 0. The zero-order valence-corrected chi connectivity index (χ0v) is 17.7. The number of carbonyl (C=O) groups is 1. The van der Waals surface area contributed by atoms with Crippen LogP contribution >= 0.6 is 0 Å². The quantitative estimate of drug-likeness (QED) is 0.715. The topological polar surface area (TPSA) is 50.2 Å². The molecule has 1 N–H and O–H groups in total. The predicted molar refractivity (Wildman–Crippen MR) is 113 cm³/mol. The Kier molecular flexibility index (Phi) is 5.10. The molecule has 1 aromatic carbocycles. The maximum absolute atomic E-state index is 11.3. The van der Waals surface area contributed by atoms with Crippen LogP contribution in [0.4, 0.5) is 0 Å². The van der Waals surface area contributed by atoms with Crippen molar-refractivity contribution in [2.75, 3.05) is 0 Å². The second-order valence-electron chi connectivity index (χ2n) is 9.08. The summed E-state index contributed by atoms with van der Waals surface area (Å²) >= 11 is 0. The highest BCUT2D eigenvalue weighted by molar-refractivity contribution is 5.88. The third-order valence-electron chi connectivity index (χ3n) is 6.06. The van der Waals surface area contributed by atoms with Gasteiger partial charge in [0, 0.05) is 5.56 Å². The van der Waals surface area contributed by atoms with Gasteiger partial charge < -0.3 is 5.11 Å². The maximum Gasteiger partial charge on any atom is 0.337 e. The SMILES string of the molecule is CCc1nc(C#Cc2cc3c(cc2C)C(C)(C)CCC3(C)C)ccc1C(=O)O. The van der Waals surface area contributed by atoms with Gasteiger partial charge in [0.05, 0.1) is 11.3 Å². The van der Waals surface area contributed by atoms with Crippen molar-refractivity contribution in [1.29, 1.82) is 0 Å². The van der Waals surface area contributed by atoms with E-state index in [0.717, 1.165) is 5.56 Å². The molecule has 146 valence electrons. The van der Waals surface area contributed by atoms with Crippen molar-refractivity contribution >= 4 is 5.97 Å². The summed E-state index contributed by atoms with van der Waals surface area (Å²) in [5.41, 5.74) is 6.79. The number of hydrogen-bond acceptors (Lipinski definition) is 2. The summed E-state index contributed by atoms with van der Waals surface area (Å²) in [6, 6.07) is 7.85. The van der Waals surface area contributed by atoms with E-state index in [9.17, 15) is 9.90 Å². The highest BCUT2D eigenvalue weighted by Crippen LogP contribution is 2.46. The zero-order chi connectivity index (χ0) is 20.7. The first-order valence-corrected chi connectivity index (χ1v) is 9.96. The molecule has 0 fully saturated rings. The summed E-state index contributed by atoms with van der Waals surface area (Å²) in [6.45, 7) is 13.3. The molecule has 0 bridgehead atoms. The number of carboxylic acids is 1. The molecule has 1 aliphatic carbocycles. The Balaban J connectivity index is 2.05. The van der Waals surface area contributed by atoms with Gasteiger partial charge in [-0.2, -0.15) is 0 Å². The highest BCUT2D eigenvalue weighted by atomic mass is 16.4. The number of benzene rings is 1. The van der Waals surface area contributed by atoms with Gasteiger partial charge in [0.2, 0.25) is 0 Å². The number of hydrogen-bond donors (Lipinski definition) is 1. The number of nitrogens with zero attached hydrogens (tertiary/aromatic N) is 1. The monoisotopic (exact) mass is 375 g/mol. The van der Waals surface area contributed by atoms with E-state index in [4.69, 9.17) is 0 Å². The van der Waals surface area contributed by atoms with Crippen molar-refractivity contribution in [2.45, 2.75) is 71.6 Å². The average molecular weight is 376 g/mol. The molecule has 0 atom stereocenters. The third-order valence-corrected chi connectivity index (χ3v) is 6.06. The van der Waals surface area contributed by atoms with E-state index < -0.39 is 5.97 Å². The predicted octanol–water partition coefficient (Wildman–Crippen LogP) is 5.40. The van der Waals surface area contributed by atoms with Crippen LogP contribution in [0.15, 0.2) is 24.3 Å². The normalized spacial score (nSPS) is 16.6. The van der Waals surface area contributed by atoms with Crippen LogP contribution in [0.1, 0.15) is 91.5 Å². The lowest BCUT2D eigenvalue weighted by Gasteiger charge is -2.42. The van der Waals surface area contributed by atoms with Gasteiger partial charge in [0.25, 0.3) is 0 Å². The average Bonchev–Trinajstić information content (AvgIpc) is 2.63. The second-order valence-corrected chi connectivity index (χ2v) is 9.08. The van der Waals surface area contributed by atoms with Gasteiger partial charge in [-0.05, 0) is 77.8 Å². The Morgan fingerprint density at radius 3 is 2.25 bits per heavy atom. The standard InChI is InChI=1S/C25H29NO2/c1-7-22-19(23(27)28)11-10-18(26-22)9-8-17-15-21-20(14-16(17)2)24(3,4)12-13-25(21,5)6/h10-11,14-15H,7,12-13H2,1-6H3,(H,27,28). The van der Waals surface area contributed by atoms with Crippen LogP contribution in [0.3, 0.4) is 0 Å². The first-order valence-electron chi connectivity index (χ1n) is 9.96. The van der Waals surface area contributed by atoms with Crippen molar-refractivity contribution in [3.05, 3.63) is 63.5 Å². The zero-order valence-electron chi connectivity index (χ0n) is 17.7. The molecule has 1 aliphatic rings. The summed E-state index contributed by atoms with van der Waals surface area (Å²) in [6.07, 6.45) is 2.93. The van der Waals surface area contributed by atoms with Crippen LogP contribution in [0.25, 0.3) is 0 Å². The lowest BCUT2D eigenvalue weighted by Crippen LogP contribution is -2.34. The van der Waals surface area contributed by atoms with Crippen LogP contribution in [0, 0.1) is 18.8 Å². The summed E-state index contributed by atoms with van der Waals surface area (Å²) in [4.78, 5) is 15.7. The number of fused-ring (bicyclic) bond motifs is 1. The van der Waals surface area contributed by atoms with Crippen LogP contribution in [-0.2, 0) is 17.3 Å². The lowest BCUT2D eigenvalue weighted by molar-refractivity contribution is 0.0695. The van der Waals surface area contributed by atoms with Gasteiger partial charge >= 0.3 is 5.97 Å². The van der Waals surface area contributed by atoms with Crippen LogP contribution in [0.5, 0.6) is 0 Å². The molecule has 0 radical (unpaired) electrons. The van der Waals surface area contributed by atoms with Gasteiger partial charge in [-0.1, -0.05) is 46.6 Å². The van der Waals surface area contributed by atoms with Gasteiger partial charge in [-0.3, -0.25) is 0 Å². The number of rotatable bonds is 2. The largest absolute Gasteiger partial charge is 0.478 e. The fourth-order valence-electron chi connectivity index (χ4n) is 4.02. The molecule has 3 heteroatoms. The van der Waals surface area contributed by atoms with Crippen molar-refractivity contribution in [1.82, 2.24) is 4.98 Å². The molecule has 0 unspecified atom stereocenters. The minimum atomic E-state index is -0.945. The minimum Gasteiger partial charge on any atom is -0.478 e. The first kappa shape index (κ1) is 20.1. The van der Waals surface area contributed by atoms with E-state index in [0.29, 0.717) is 17.8 Å². The summed E-state index contributed by atoms with van der Waals surface area (Å²) in [5.74, 6) is 5.48. The maximum atomic E-state index is 11.3. The van der Waals surface area contributed by atoms with Crippen LogP contribution in [-0.4, -0.2) is 16.1 Å². The molecular weight excluding hydrogens is 346 g/mol. The number of aryl methyl sites for hydroxylation is 2. The molecule has 1 heterocycles. The Bertz CT molecular complexity index is 1000. The van der Waals surface area contributed by atoms with Gasteiger partial charge in [-0.25, -0.2) is 9.78 Å². The lowest BCUT2D eigenvalue weighted by atomic mass is 9.62. The summed E-state index contributed by atoms with van der Waals surface area (Å²) < 4.78 is 0.